The Kier molecular flexibility index (Phi) is 4.14. The van der Waals surface area contributed by atoms with E-state index in [0.717, 1.165) is 30.5 Å². The van der Waals surface area contributed by atoms with Gasteiger partial charge in [-0.1, -0.05) is 36.4 Å². The number of nitrogens with zero attached hydrogens (tertiary/aromatic N) is 1. The molecule has 0 unspecified atom stereocenters. The molecule has 0 aliphatic heterocycles. The van der Waals surface area contributed by atoms with E-state index in [1.807, 2.05) is 25.3 Å². The third kappa shape index (κ3) is 3.36. The molecule has 0 saturated heterocycles. The molecule has 3 N–H and O–H groups in total. The molecule has 5 nitrogen and oxygen atoms in total. The van der Waals surface area contributed by atoms with Gasteiger partial charge in [0.2, 0.25) is 0 Å². The van der Waals surface area contributed by atoms with Crippen molar-refractivity contribution in [2.75, 3.05) is 0 Å². The van der Waals surface area contributed by atoms with Gasteiger partial charge in [0.15, 0.2) is 0 Å². The Morgan fingerprint density at radius 3 is 2.96 bits per heavy atom. The van der Waals surface area contributed by atoms with Gasteiger partial charge < -0.3 is 10.6 Å². The van der Waals surface area contributed by atoms with Gasteiger partial charge in [-0.05, 0) is 47.7 Å². The summed E-state index contributed by atoms with van der Waals surface area (Å²) in [5.74, 6) is 0. The van der Waals surface area contributed by atoms with Crippen LogP contribution < -0.4 is 10.6 Å². The quantitative estimate of drug-likeness (QED) is 0.686. The lowest BCUT2D eigenvalue weighted by atomic mass is 9.94. The lowest BCUT2D eigenvalue weighted by molar-refractivity contribution is 0.232. The monoisotopic (exact) mass is 334 g/mol. The van der Waals surface area contributed by atoms with Crippen molar-refractivity contribution in [2.45, 2.75) is 38.3 Å². The molecule has 0 fully saturated rings. The van der Waals surface area contributed by atoms with Crippen LogP contribution in [0.15, 0.2) is 48.7 Å². The summed E-state index contributed by atoms with van der Waals surface area (Å²) in [6.45, 7) is 2.01. The molecular weight excluding hydrogens is 312 g/mol. The van der Waals surface area contributed by atoms with E-state index in [-0.39, 0.29) is 18.1 Å². The van der Waals surface area contributed by atoms with Gasteiger partial charge in [-0.2, -0.15) is 5.10 Å². The van der Waals surface area contributed by atoms with Crippen molar-refractivity contribution in [3.05, 3.63) is 65.5 Å². The number of aromatic amines is 1. The van der Waals surface area contributed by atoms with Crippen molar-refractivity contribution in [2.24, 2.45) is 0 Å². The second kappa shape index (κ2) is 6.59. The first-order valence-electron chi connectivity index (χ1n) is 8.76. The molecular formula is C20H22N4O. The maximum atomic E-state index is 12.4. The number of hydrogen-bond acceptors (Lipinski definition) is 2. The number of rotatable bonds is 3. The van der Waals surface area contributed by atoms with Gasteiger partial charge in [-0.25, -0.2) is 4.79 Å². The van der Waals surface area contributed by atoms with Crippen molar-refractivity contribution in [3.8, 4) is 0 Å². The molecule has 0 spiro atoms. The van der Waals surface area contributed by atoms with Gasteiger partial charge in [-0.15, -0.1) is 0 Å². The second-order valence-electron chi connectivity index (χ2n) is 6.76. The number of carbonyl (C=O) groups excluding carboxylic acids is 1. The summed E-state index contributed by atoms with van der Waals surface area (Å²) < 4.78 is 0. The van der Waals surface area contributed by atoms with Crippen LogP contribution in [0.3, 0.4) is 0 Å². The zero-order chi connectivity index (χ0) is 17.2. The normalized spacial score (nSPS) is 17.7. The maximum Gasteiger partial charge on any atom is 0.315 e. The Bertz CT molecular complexity index is 901. The molecule has 1 aromatic heterocycles. The molecule has 2 aromatic carbocycles. The third-order valence-electron chi connectivity index (χ3n) is 4.98. The van der Waals surface area contributed by atoms with Crippen molar-refractivity contribution in [3.63, 3.8) is 0 Å². The minimum Gasteiger partial charge on any atom is -0.335 e. The molecule has 0 saturated carbocycles. The van der Waals surface area contributed by atoms with Crippen molar-refractivity contribution < 1.29 is 4.79 Å². The first kappa shape index (κ1) is 15.7. The van der Waals surface area contributed by atoms with Crippen LogP contribution in [0.5, 0.6) is 0 Å². The predicted octanol–water partition coefficient (Wildman–Crippen LogP) is 3.48. The number of carbonyl (C=O) groups is 1. The van der Waals surface area contributed by atoms with Crippen molar-refractivity contribution in [1.29, 1.82) is 0 Å². The number of fused-ring (bicyclic) bond motifs is 2. The Hall–Kier alpha value is -2.82. The number of aryl methyl sites for hydroxylation is 1. The molecule has 1 heterocycles. The number of hydrogen-bond donors (Lipinski definition) is 3. The highest BCUT2D eigenvalue weighted by Crippen LogP contribution is 2.21. The summed E-state index contributed by atoms with van der Waals surface area (Å²) in [6, 6.07) is 14.5. The highest BCUT2D eigenvalue weighted by molar-refractivity contribution is 5.83. The van der Waals surface area contributed by atoms with Gasteiger partial charge >= 0.3 is 6.03 Å². The van der Waals surface area contributed by atoms with E-state index in [1.165, 1.54) is 16.3 Å². The average Bonchev–Trinajstić information content (AvgIpc) is 3.09. The Balaban J connectivity index is 1.38. The first-order valence-corrected chi connectivity index (χ1v) is 8.76. The average molecular weight is 334 g/mol. The smallest absolute Gasteiger partial charge is 0.315 e. The van der Waals surface area contributed by atoms with Gasteiger partial charge in [0, 0.05) is 18.2 Å². The predicted molar refractivity (Wildman–Crippen MR) is 98.4 cm³/mol. The van der Waals surface area contributed by atoms with Crippen LogP contribution in [0.25, 0.3) is 10.8 Å². The van der Waals surface area contributed by atoms with Crippen LogP contribution in [0.2, 0.25) is 0 Å². The molecule has 1 aliphatic carbocycles. The fourth-order valence-corrected chi connectivity index (χ4v) is 3.52. The van der Waals surface area contributed by atoms with E-state index in [4.69, 9.17) is 0 Å². The summed E-state index contributed by atoms with van der Waals surface area (Å²) in [4.78, 5) is 12.4. The van der Waals surface area contributed by atoms with Gasteiger partial charge in [0.25, 0.3) is 0 Å². The fraction of sp³-hybridized carbons (Fsp3) is 0.300. The van der Waals surface area contributed by atoms with E-state index in [1.54, 1.807) is 0 Å². The van der Waals surface area contributed by atoms with Crippen molar-refractivity contribution in [1.82, 2.24) is 20.8 Å². The molecule has 2 amide bonds. The highest BCUT2D eigenvalue weighted by Gasteiger charge is 2.22. The molecule has 0 radical (unpaired) electrons. The molecule has 2 atom stereocenters. The summed E-state index contributed by atoms with van der Waals surface area (Å²) in [5, 5.41) is 15.6. The van der Waals surface area contributed by atoms with Crippen LogP contribution in [0.4, 0.5) is 4.79 Å². The van der Waals surface area contributed by atoms with E-state index in [9.17, 15) is 4.79 Å². The fourth-order valence-electron chi connectivity index (χ4n) is 3.52. The summed E-state index contributed by atoms with van der Waals surface area (Å²) >= 11 is 0. The van der Waals surface area contributed by atoms with Crippen LogP contribution in [-0.2, 0) is 12.8 Å². The standard InChI is InChI=1S/C20H22N4O/c1-13(15-7-6-14-4-2-3-5-16(14)10-15)22-20(25)23-18-9-8-17-12-21-24-19(17)11-18/h2-7,10,12-13,18H,8-9,11H2,1H3,(H,21,24)(H2,22,23,25)/t13-,18+/m0/s1. The minimum atomic E-state index is -0.117. The number of nitrogens with one attached hydrogen (secondary N) is 3. The molecule has 5 heteroatoms. The Morgan fingerprint density at radius 1 is 1.24 bits per heavy atom. The summed E-state index contributed by atoms with van der Waals surface area (Å²) in [6.07, 6.45) is 4.60. The topological polar surface area (TPSA) is 69.8 Å². The molecule has 1 aliphatic rings. The second-order valence-corrected chi connectivity index (χ2v) is 6.76. The van der Waals surface area contributed by atoms with E-state index >= 15 is 0 Å². The zero-order valence-electron chi connectivity index (χ0n) is 14.3. The molecule has 25 heavy (non-hydrogen) atoms. The molecule has 0 bridgehead atoms. The zero-order valence-corrected chi connectivity index (χ0v) is 14.3. The number of H-pyrrole nitrogens is 1. The first-order chi connectivity index (χ1) is 12.2. The summed E-state index contributed by atoms with van der Waals surface area (Å²) in [7, 11) is 0. The maximum absolute atomic E-state index is 12.4. The molecule has 3 aromatic rings. The van der Waals surface area contributed by atoms with E-state index in [2.05, 4.69) is 51.2 Å². The van der Waals surface area contributed by atoms with E-state index < -0.39 is 0 Å². The molecule has 128 valence electrons. The van der Waals surface area contributed by atoms with Crippen LogP contribution >= 0.6 is 0 Å². The Morgan fingerprint density at radius 2 is 2.08 bits per heavy atom. The van der Waals surface area contributed by atoms with Crippen LogP contribution in [0, 0.1) is 0 Å². The van der Waals surface area contributed by atoms with E-state index in [0.29, 0.717) is 0 Å². The minimum absolute atomic E-state index is 0.0455. The largest absolute Gasteiger partial charge is 0.335 e. The molecule has 4 rings (SSSR count). The number of urea groups is 1. The van der Waals surface area contributed by atoms with Crippen LogP contribution in [-0.4, -0.2) is 22.3 Å². The Labute approximate surface area is 146 Å². The SMILES string of the molecule is C[C@H](NC(=O)N[C@@H]1CCc2cn[nH]c2C1)c1ccc2ccccc2c1. The van der Waals surface area contributed by atoms with Crippen molar-refractivity contribution >= 4 is 16.8 Å². The van der Waals surface area contributed by atoms with Crippen LogP contribution in [0.1, 0.15) is 36.2 Å². The lowest BCUT2D eigenvalue weighted by Crippen LogP contribution is -2.45. The van der Waals surface area contributed by atoms with Gasteiger partial charge in [-0.3, -0.25) is 5.10 Å². The van der Waals surface area contributed by atoms with Gasteiger partial charge in [0.1, 0.15) is 0 Å². The third-order valence-corrected chi connectivity index (χ3v) is 4.98. The number of aromatic nitrogens is 2. The summed E-state index contributed by atoms with van der Waals surface area (Å²) in [5.41, 5.74) is 3.51. The lowest BCUT2D eigenvalue weighted by Gasteiger charge is -2.24. The van der Waals surface area contributed by atoms with Gasteiger partial charge in [0.05, 0.1) is 12.2 Å². The number of benzene rings is 2. The number of amides is 2. The highest BCUT2D eigenvalue weighted by atomic mass is 16.2.